The summed E-state index contributed by atoms with van der Waals surface area (Å²) in [5.74, 6) is 0.667. The van der Waals surface area contributed by atoms with Gasteiger partial charge in [0.15, 0.2) is 5.17 Å². The molecule has 0 aliphatic carbocycles. The molecule has 1 aliphatic heterocycles. The average Bonchev–Trinajstić information content (AvgIpc) is 2.97. The number of benzene rings is 2. The number of thioether (sulfide) groups is 1. The highest BCUT2D eigenvalue weighted by Crippen LogP contribution is 2.36. The van der Waals surface area contributed by atoms with Gasteiger partial charge in [0.05, 0.1) is 17.2 Å². The van der Waals surface area contributed by atoms with E-state index in [9.17, 15) is 4.79 Å². The minimum atomic E-state index is -0.0544. The fourth-order valence-corrected chi connectivity index (χ4v) is 4.01. The predicted octanol–water partition coefficient (Wildman–Crippen LogP) is 6.06. The van der Waals surface area contributed by atoms with Crippen molar-refractivity contribution in [3.05, 3.63) is 63.5 Å². The Morgan fingerprint density at radius 2 is 2.00 bits per heavy atom. The zero-order valence-electron chi connectivity index (χ0n) is 16.2. The molecule has 0 radical (unpaired) electrons. The van der Waals surface area contributed by atoms with E-state index in [2.05, 4.69) is 6.92 Å². The van der Waals surface area contributed by atoms with Crippen molar-refractivity contribution >= 4 is 46.2 Å². The van der Waals surface area contributed by atoms with Gasteiger partial charge in [-0.1, -0.05) is 36.7 Å². The Balaban J connectivity index is 1.97. The second kappa shape index (κ2) is 9.30. The Morgan fingerprint density at radius 3 is 2.71 bits per heavy atom. The third-order valence-corrected chi connectivity index (χ3v) is 5.50. The van der Waals surface area contributed by atoms with Gasteiger partial charge in [0.2, 0.25) is 0 Å². The minimum Gasteiger partial charge on any atom is -0.493 e. The first kappa shape index (κ1) is 20.5. The van der Waals surface area contributed by atoms with E-state index in [-0.39, 0.29) is 5.91 Å². The van der Waals surface area contributed by atoms with Crippen LogP contribution in [0.15, 0.2) is 52.4 Å². The lowest BCUT2D eigenvalue weighted by molar-refractivity contribution is -0.122. The number of ether oxygens (including phenoxy) is 1. The summed E-state index contributed by atoms with van der Waals surface area (Å²) >= 11 is 7.55. The molecule has 28 heavy (non-hydrogen) atoms. The average molecular weight is 415 g/mol. The Hall–Kier alpha value is -2.24. The zero-order valence-corrected chi connectivity index (χ0v) is 17.8. The summed E-state index contributed by atoms with van der Waals surface area (Å²) in [5, 5.41) is 1.29. The van der Waals surface area contributed by atoms with Gasteiger partial charge in [-0.2, -0.15) is 0 Å². The number of hydrogen-bond donors (Lipinski definition) is 0. The number of hydrogen-bond acceptors (Lipinski definition) is 4. The lowest BCUT2D eigenvalue weighted by Crippen LogP contribution is -2.28. The SMILES string of the molecule is CCCOc1ccc(Cl)cc1/C=C1/SC(=Nc2ccccc2C)N(CC)C1=O. The third-order valence-electron chi connectivity index (χ3n) is 4.26. The van der Waals surface area contributed by atoms with Crippen LogP contribution < -0.4 is 4.74 Å². The number of carbonyl (C=O) groups excluding carboxylic acids is 1. The van der Waals surface area contributed by atoms with Crippen molar-refractivity contribution in [1.82, 2.24) is 4.90 Å². The van der Waals surface area contributed by atoms with Crippen LogP contribution in [0.5, 0.6) is 5.75 Å². The number of para-hydroxylation sites is 1. The molecule has 6 heteroatoms. The van der Waals surface area contributed by atoms with Crippen molar-refractivity contribution in [2.24, 2.45) is 4.99 Å². The molecule has 4 nitrogen and oxygen atoms in total. The van der Waals surface area contributed by atoms with E-state index >= 15 is 0 Å². The molecule has 146 valence electrons. The summed E-state index contributed by atoms with van der Waals surface area (Å²) in [6.45, 7) is 7.18. The molecule has 0 spiro atoms. The number of aliphatic imine (C=N–C) groups is 1. The number of carbonyl (C=O) groups is 1. The van der Waals surface area contributed by atoms with Gasteiger partial charge >= 0.3 is 0 Å². The van der Waals surface area contributed by atoms with Gasteiger partial charge in [0.1, 0.15) is 5.75 Å². The fourth-order valence-electron chi connectivity index (χ4n) is 2.78. The maximum atomic E-state index is 12.9. The van der Waals surface area contributed by atoms with Crippen molar-refractivity contribution in [3.8, 4) is 5.75 Å². The number of amidine groups is 1. The lowest BCUT2D eigenvalue weighted by Gasteiger charge is -2.12. The molecule has 0 unspecified atom stereocenters. The smallest absolute Gasteiger partial charge is 0.266 e. The summed E-state index contributed by atoms with van der Waals surface area (Å²) < 4.78 is 5.81. The first-order chi connectivity index (χ1) is 13.5. The maximum Gasteiger partial charge on any atom is 0.266 e. The Morgan fingerprint density at radius 1 is 1.21 bits per heavy atom. The molecule has 1 fully saturated rings. The van der Waals surface area contributed by atoms with Crippen LogP contribution in [0.2, 0.25) is 5.02 Å². The highest BCUT2D eigenvalue weighted by Gasteiger charge is 2.32. The van der Waals surface area contributed by atoms with E-state index in [0.29, 0.717) is 28.2 Å². The standard InChI is InChI=1S/C22H23ClN2O2S/c1-4-12-27-19-11-10-17(23)13-16(19)14-20-21(26)25(5-2)22(28-20)24-18-9-7-6-8-15(18)3/h6-11,13-14H,4-5,12H2,1-3H3/b20-14+,24-22?. The number of halogens is 1. The van der Waals surface area contributed by atoms with Crippen LogP contribution in [0, 0.1) is 6.92 Å². The largest absolute Gasteiger partial charge is 0.493 e. The minimum absolute atomic E-state index is 0.0544. The van der Waals surface area contributed by atoms with Crippen LogP contribution in [0.1, 0.15) is 31.4 Å². The Kier molecular flexibility index (Phi) is 6.81. The Bertz CT molecular complexity index is 940. The first-order valence-electron chi connectivity index (χ1n) is 9.31. The van der Waals surface area contributed by atoms with Crippen LogP contribution in [-0.2, 0) is 4.79 Å². The summed E-state index contributed by atoms with van der Waals surface area (Å²) in [4.78, 5) is 20.0. The summed E-state index contributed by atoms with van der Waals surface area (Å²) in [7, 11) is 0. The molecule has 1 saturated heterocycles. The Labute approximate surface area is 175 Å². The van der Waals surface area contributed by atoms with E-state index in [1.54, 1.807) is 11.0 Å². The van der Waals surface area contributed by atoms with E-state index < -0.39 is 0 Å². The zero-order chi connectivity index (χ0) is 20.1. The quantitative estimate of drug-likeness (QED) is 0.539. The van der Waals surface area contributed by atoms with Crippen molar-refractivity contribution in [2.45, 2.75) is 27.2 Å². The van der Waals surface area contributed by atoms with Crippen LogP contribution >= 0.6 is 23.4 Å². The van der Waals surface area contributed by atoms with Crippen LogP contribution in [-0.4, -0.2) is 29.1 Å². The van der Waals surface area contributed by atoms with Gasteiger partial charge < -0.3 is 4.74 Å². The number of likely N-dealkylation sites (N-methyl/N-ethyl adjacent to an activating group) is 1. The van der Waals surface area contributed by atoms with Gasteiger partial charge in [0.25, 0.3) is 5.91 Å². The molecule has 0 bridgehead atoms. The molecule has 2 aromatic carbocycles. The molecule has 1 heterocycles. The van der Waals surface area contributed by atoms with Gasteiger partial charge in [-0.15, -0.1) is 0 Å². The fraction of sp³-hybridized carbons (Fsp3) is 0.273. The van der Waals surface area contributed by atoms with E-state index in [1.807, 2.05) is 56.3 Å². The highest BCUT2D eigenvalue weighted by molar-refractivity contribution is 8.18. The predicted molar refractivity (Wildman–Crippen MR) is 118 cm³/mol. The molecule has 1 amide bonds. The molecule has 0 aromatic heterocycles. The molecule has 0 atom stereocenters. The third kappa shape index (κ3) is 4.59. The molecule has 2 aromatic rings. The normalized spacial score (nSPS) is 17.0. The van der Waals surface area contributed by atoms with Crippen molar-refractivity contribution in [3.63, 3.8) is 0 Å². The van der Waals surface area contributed by atoms with Crippen LogP contribution in [0.4, 0.5) is 5.69 Å². The number of rotatable bonds is 6. The first-order valence-corrected chi connectivity index (χ1v) is 10.5. The molecule has 1 aliphatic rings. The molecular weight excluding hydrogens is 392 g/mol. The van der Waals surface area contributed by atoms with E-state index in [1.165, 1.54) is 11.8 Å². The second-order valence-corrected chi connectivity index (χ2v) is 7.82. The van der Waals surface area contributed by atoms with Crippen LogP contribution in [0.25, 0.3) is 6.08 Å². The number of amides is 1. The second-order valence-electron chi connectivity index (χ2n) is 6.37. The van der Waals surface area contributed by atoms with Crippen molar-refractivity contribution in [1.29, 1.82) is 0 Å². The van der Waals surface area contributed by atoms with Gasteiger partial charge in [-0.05, 0) is 67.9 Å². The van der Waals surface area contributed by atoms with Crippen LogP contribution in [0.3, 0.4) is 0 Å². The monoisotopic (exact) mass is 414 g/mol. The maximum absolute atomic E-state index is 12.9. The van der Waals surface area contributed by atoms with E-state index in [0.717, 1.165) is 29.0 Å². The highest BCUT2D eigenvalue weighted by atomic mass is 35.5. The van der Waals surface area contributed by atoms with Gasteiger partial charge in [0, 0.05) is 17.1 Å². The molecule has 0 N–H and O–H groups in total. The summed E-state index contributed by atoms with van der Waals surface area (Å²) in [6.07, 6.45) is 2.75. The molecule has 0 saturated carbocycles. The van der Waals surface area contributed by atoms with Crippen molar-refractivity contribution < 1.29 is 9.53 Å². The molecule has 3 rings (SSSR count). The molecular formula is C22H23ClN2O2S. The topological polar surface area (TPSA) is 41.9 Å². The van der Waals surface area contributed by atoms with Gasteiger partial charge in [-0.25, -0.2) is 4.99 Å². The van der Waals surface area contributed by atoms with Crippen molar-refractivity contribution in [2.75, 3.05) is 13.2 Å². The lowest BCUT2D eigenvalue weighted by atomic mass is 10.2. The van der Waals surface area contributed by atoms with E-state index in [4.69, 9.17) is 21.3 Å². The number of aryl methyl sites for hydroxylation is 1. The van der Waals surface area contributed by atoms with Gasteiger partial charge in [-0.3, -0.25) is 9.69 Å². The number of nitrogens with zero attached hydrogens (tertiary/aromatic N) is 2. The summed E-state index contributed by atoms with van der Waals surface area (Å²) in [6, 6.07) is 13.3. The summed E-state index contributed by atoms with van der Waals surface area (Å²) in [5.41, 5.74) is 2.74.